The van der Waals surface area contributed by atoms with Crippen LogP contribution in [-0.2, 0) is 6.42 Å². The van der Waals surface area contributed by atoms with E-state index >= 15 is 0 Å². The van der Waals surface area contributed by atoms with E-state index in [1.165, 1.54) is 0 Å². The van der Waals surface area contributed by atoms with E-state index in [0.717, 1.165) is 5.56 Å². The Labute approximate surface area is 122 Å². The first-order valence-corrected chi connectivity index (χ1v) is 6.65. The van der Waals surface area contributed by atoms with Crippen molar-refractivity contribution in [3.8, 4) is 11.5 Å². The lowest BCUT2D eigenvalue weighted by atomic mass is 10.1. The summed E-state index contributed by atoms with van der Waals surface area (Å²) < 4.78 is 5.25. The minimum atomic E-state index is -0.174. The maximum Gasteiger partial charge on any atom is 0.228 e. The summed E-state index contributed by atoms with van der Waals surface area (Å²) in [4.78, 5) is 12.6. The Morgan fingerprint density at radius 2 is 1.95 bits per heavy atom. The van der Waals surface area contributed by atoms with Gasteiger partial charge in [-0.3, -0.25) is 0 Å². The molecule has 2 heterocycles. The minimum absolute atomic E-state index is 0.174. The molecule has 2 N–H and O–H groups in total. The van der Waals surface area contributed by atoms with Crippen LogP contribution in [0.1, 0.15) is 23.3 Å². The van der Waals surface area contributed by atoms with E-state index in [4.69, 9.17) is 10.3 Å². The fourth-order valence-electron chi connectivity index (χ4n) is 2.03. The van der Waals surface area contributed by atoms with Gasteiger partial charge in [0.2, 0.25) is 11.7 Å². The number of aromatic nitrogens is 4. The van der Waals surface area contributed by atoms with Crippen LogP contribution in [0.25, 0.3) is 11.5 Å². The van der Waals surface area contributed by atoms with Crippen molar-refractivity contribution in [1.82, 2.24) is 20.1 Å². The molecule has 3 aromatic rings. The number of aryl methyl sites for hydroxylation is 1. The Hall–Kier alpha value is -2.60. The van der Waals surface area contributed by atoms with Crippen LogP contribution in [-0.4, -0.2) is 20.1 Å². The summed E-state index contributed by atoms with van der Waals surface area (Å²) in [6, 6.07) is 11.4. The van der Waals surface area contributed by atoms with E-state index in [1.807, 2.05) is 37.3 Å². The number of nitrogens with two attached hydrogens (primary N) is 1. The lowest BCUT2D eigenvalue weighted by Gasteiger charge is -2.08. The van der Waals surface area contributed by atoms with E-state index in [1.54, 1.807) is 12.3 Å². The molecule has 0 spiro atoms. The van der Waals surface area contributed by atoms with Crippen molar-refractivity contribution in [2.24, 2.45) is 5.73 Å². The third-order valence-corrected chi connectivity index (χ3v) is 3.10. The molecule has 1 unspecified atom stereocenters. The topological polar surface area (TPSA) is 90.7 Å². The number of benzene rings is 1. The van der Waals surface area contributed by atoms with Gasteiger partial charge < -0.3 is 10.3 Å². The molecule has 1 aromatic carbocycles. The summed E-state index contributed by atoms with van der Waals surface area (Å²) in [6.07, 6.45) is 2.16. The highest BCUT2D eigenvalue weighted by atomic mass is 16.5. The summed E-state index contributed by atoms with van der Waals surface area (Å²) in [5.74, 6) is 1.62. The average Bonchev–Trinajstić information content (AvgIpc) is 2.97. The van der Waals surface area contributed by atoms with E-state index in [0.29, 0.717) is 29.7 Å². The van der Waals surface area contributed by atoms with Crippen LogP contribution in [0.3, 0.4) is 0 Å². The summed E-state index contributed by atoms with van der Waals surface area (Å²) in [6.45, 7) is 1.82. The van der Waals surface area contributed by atoms with Gasteiger partial charge >= 0.3 is 0 Å². The van der Waals surface area contributed by atoms with Crippen molar-refractivity contribution < 1.29 is 4.52 Å². The van der Waals surface area contributed by atoms with Gasteiger partial charge in [-0.2, -0.15) is 4.98 Å². The molecule has 2 aromatic heterocycles. The van der Waals surface area contributed by atoms with E-state index in [9.17, 15) is 0 Å². The van der Waals surface area contributed by atoms with Crippen molar-refractivity contribution in [1.29, 1.82) is 0 Å². The zero-order valence-electron chi connectivity index (χ0n) is 11.6. The number of rotatable bonds is 4. The first-order valence-electron chi connectivity index (χ1n) is 6.65. The lowest BCUT2D eigenvalue weighted by molar-refractivity contribution is 0.370. The van der Waals surface area contributed by atoms with Crippen LogP contribution in [0, 0.1) is 6.92 Å². The van der Waals surface area contributed by atoms with Crippen LogP contribution >= 0.6 is 0 Å². The van der Waals surface area contributed by atoms with Crippen LogP contribution in [0.15, 0.2) is 47.1 Å². The van der Waals surface area contributed by atoms with Gasteiger partial charge in [0.15, 0.2) is 0 Å². The number of hydrogen-bond acceptors (Lipinski definition) is 6. The zero-order valence-corrected chi connectivity index (χ0v) is 11.6. The first-order chi connectivity index (χ1) is 10.2. The Morgan fingerprint density at radius 3 is 2.71 bits per heavy atom. The van der Waals surface area contributed by atoms with E-state index in [-0.39, 0.29) is 6.04 Å². The van der Waals surface area contributed by atoms with Crippen molar-refractivity contribution in [3.05, 3.63) is 59.9 Å². The molecule has 0 fully saturated rings. The summed E-state index contributed by atoms with van der Waals surface area (Å²) >= 11 is 0. The molecule has 21 heavy (non-hydrogen) atoms. The van der Waals surface area contributed by atoms with Crippen LogP contribution in [0.4, 0.5) is 0 Å². The molecule has 0 amide bonds. The standard InChI is InChI=1S/C15H15N5O/c1-10-17-8-7-13(18-10)15-19-14(21-20-15)9-12(16)11-5-3-2-4-6-11/h2-8,12H,9,16H2,1H3. The number of hydrogen-bond donors (Lipinski definition) is 1. The molecule has 3 rings (SSSR count). The quantitative estimate of drug-likeness (QED) is 0.787. The van der Waals surface area contributed by atoms with Gasteiger partial charge in [0.1, 0.15) is 11.5 Å². The molecule has 6 nitrogen and oxygen atoms in total. The predicted molar refractivity (Wildman–Crippen MR) is 77.1 cm³/mol. The monoisotopic (exact) mass is 281 g/mol. The largest absolute Gasteiger partial charge is 0.339 e. The molecule has 0 aliphatic heterocycles. The summed E-state index contributed by atoms with van der Waals surface area (Å²) in [7, 11) is 0. The molecular formula is C15H15N5O. The normalized spacial score (nSPS) is 12.3. The molecule has 6 heteroatoms. The third kappa shape index (κ3) is 3.11. The van der Waals surface area contributed by atoms with Gasteiger partial charge in [0.25, 0.3) is 0 Å². The van der Waals surface area contributed by atoms with Gasteiger partial charge in [0.05, 0.1) is 0 Å². The lowest BCUT2D eigenvalue weighted by Crippen LogP contribution is -2.13. The Kier molecular flexibility index (Phi) is 3.70. The highest BCUT2D eigenvalue weighted by molar-refractivity contribution is 5.46. The molecule has 0 radical (unpaired) electrons. The Morgan fingerprint density at radius 1 is 1.14 bits per heavy atom. The zero-order chi connectivity index (χ0) is 14.7. The molecule has 0 saturated carbocycles. The van der Waals surface area contributed by atoms with E-state index < -0.39 is 0 Å². The molecule has 1 atom stereocenters. The van der Waals surface area contributed by atoms with Crippen LogP contribution in [0.5, 0.6) is 0 Å². The van der Waals surface area contributed by atoms with Crippen LogP contribution in [0.2, 0.25) is 0 Å². The van der Waals surface area contributed by atoms with Gasteiger partial charge in [-0.25, -0.2) is 9.97 Å². The molecule has 0 bridgehead atoms. The van der Waals surface area contributed by atoms with Gasteiger partial charge in [-0.15, -0.1) is 0 Å². The summed E-state index contributed by atoms with van der Waals surface area (Å²) in [5.41, 5.74) is 7.83. The minimum Gasteiger partial charge on any atom is -0.339 e. The maximum absolute atomic E-state index is 6.15. The second-order valence-corrected chi connectivity index (χ2v) is 4.72. The Balaban J connectivity index is 1.76. The predicted octanol–water partition coefficient (Wildman–Crippen LogP) is 2.08. The number of nitrogens with zero attached hydrogens (tertiary/aromatic N) is 4. The van der Waals surface area contributed by atoms with Crippen LogP contribution < -0.4 is 5.73 Å². The van der Waals surface area contributed by atoms with Crippen molar-refractivity contribution in [3.63, 3.8) is 0 Å². The molecule has 106 valence electrons. The van der Waals surface area contributed by atoms with E-state index in [2.05, 4.69) is 20.1 Å². The van der Waals surface area contributed by atoms with Crippen molar-refractivity contribution in [2.45, 2.75) is 19.4 Å². The van der Waals surface area contributed by atoms with Gasteiger partial charge in [-0.05, 0) is 18.6 Å². The van der Waals surface area contributed by atoms with Gasteiger partial charge in [0, 0.05) is 18.7 Å². The fraction of sp³-hybridized carbons (Fsp3) is 0.200. The Bertz CT molecular complexity index is 726. The fourth-order valence-corrected chi connectivity index (χ4v) is 2.03. The highest BCUT2D eigenvalue weighted by Gasteiger charge is 2.14. The smallest absolute Gasteiger partial charge is 0.228 e. The molecule has 0 saturated heterocycles. The maximum atomic E-state index is 6.15. The van der Waals surface area contributed by atoms with Crippen molar-refractivity contribution >= 4 is 0 Å². The summed E-state index contributed by atoms with van der Waals surface area (Å²) in [5, 5.41) is 3.94. The average molecular weight is 281 g/mol. The second-order valence-electron chi connectivity index (χ2n) is 4.72. The molecule has 0 aliphatic carbocycles. The second kappa shape index (κ2) is 5.80. The molecular weight excluding hydrogens is 266 g/mol. The first kappa shape index (κ1) is 13.4. The van der Waals surface area contributed by atoms with Gasteiger partial charge in [-0.1, -0.05) is 35.5 Å². The highest BCUT2D eigenvalue weighted by Crippen LogP contribution is 2.17. The molecule has 0 aliphatic rings. The SMILES string of the molecule is Cc1nccc(-c2noc(CC(N)c3ccccc3)n2)n1. The third-order valence-electron chi connectivity index (χ3n) is 3.10. The van der Waals surface area contributed by atoms with Crippen molar-refractivity contribution in [2.75, 3.05) is 0 Å².